The predicted molar refractivity (Wildman–Crippen MR) is 39.5 cm³/mol. The van der Waals surface area contributed by atoms with E-state index in [1.807, 2.05) is 0 Å². The van der Waals surface area contributed by atoms with E-state index in [9.17, 15) is 0 Å². The van der Waals surface area contributed by atoms with Crippen molar-refractivity contribution in [3.8, 4) is 0 Å². The van der Waals surface area contributed by atoms with Gasteiger partial charge < -0.3 is 22.3 Å². The third-order valence-corrected chi connectivity index (χ3v) is 1.69. The first-order valence-electron chi connectivity index (χ1n) is 3.31. The van der Waals surface area contributed by atoms with E-state index in [0.29, 0.717) is 0 Å². The monoisotopic (exact) mass is 185 g/mol. The van der Waals surface area contributed by atoms with Gasteiger partial charge in [-0.25, -0.2) is 0 Å². The van der Waals surface area contributed by atoms with E-state index in [1.54, 1.807) is 0 Å². The van der Waals surface area contributed by atoms with Crippen LogP contribution in [-0.4, -0.2) is 43.5 Å². The van der Waals surface area contributed by atoms with Gasteiger partial charge in [0.2, 0.25) is 0 Å². The molecule has 0 N–H and O–H groups in total. The summed E-state index contributed by atoms with van der Waals surface area (Å²) in [6.07, 6.45) is 0. The molecule has 0 spiro atoms. The van der Waals surface area contributed by atoms with Crippen LogP contribution in [0.2, 0.25) is 0 Å². The summed E-state index contributed by atoms with van der Waals surface area (Å²) in [6.45, 7) is 4.96. The summed E-state index contributed by atoms with van der Waals surface area (Å²) in [7, 11) is 0. The number of hydrogen-bond donors (Lipinski definition) is 0. The maximum Gasteiger partial charge on any atom is 1.00 e. The Labute approximate surface area is 111 Å². The number of hydrogen-bond acceptors (Lipinski definition) is 3. The van der Waals surface area contributed by atoms with E-state index in [4.69, 9.17) is 17.4 Å². The first kappa shape index (κ1) is 11.9. The smallest absolute Gasteiger partial charge is 0.791 e. The number of morpholine rings is 1. The average Bonchev–Trinajstić information content (AvgIpc) is 1.91. The molecule has 0 bridgehead atoms. The zero-order chi connectivity index (χ0) is 6.53. The minimum absolute atomic E-state index is 0. The van der Waals surface area contributed by atoms with Crippen LogP contribution in [0.15, 0.2) is 0 Å². The second-order valence-corrected chi connectivity index (χ2v) is 2.57. The van der Waals surface area contributed by atoms with E-state index >= 15 is 0 Å². The van der Waals surface area contributed by atoms with E-state index in [1.165, 1.54) is 0 Å². The molecule has 0 aliphatic carbocycles. The van der Waals surface area contributed by atoms with Crippen LogP contribution in [0.1, 0.15) is 0 Å². The van der Waals surface area contributed by atoms with Crippen molar-refractivity contribution in [2.75, 3.05) is 38.6 Å². The Balaban J connectivity index is 0.000000810. The van der Waals surface area contributed by atoms with E-state index in [-0.39, 0.29) is 51.4 Å². The summed E-state index contributed by atoms with van der Waals surface area (Å²) in [5.74, 6) is 0.847. The van der Waals surface area contributed by atoms with E-state index < -0.39 is 0 Å². The summed E-state index contributed by atoms with van der Waals surface area (Å²) >= 11 is 4.85. The molecular weight excluding hydrogens is 173 g/mol. The molecular formula is C6H12KNOS. The predicted octanol–water partition coefficient (Wildman–Crippen LogP) is -3.13. The molecule has 2 nitrogen and oxygen atoms in total. The third-order valence-electron chi connectivity index (χ3n) is 1.51. The minimum Gasteiger partial charge on any atom is -0.791 e. The molecule has 0 amide bonds. The zero-order valence-electron chi connectivity index (χ0n) is 6.51. The van der Waals surface area contributed by atoms with Crippen molar-refractivity contribution >= 4 is 12.6 Å². The van der Waals surface area contributed by atoms with Crippen LogP contribution in [0.25, 0.3) is 0 Å². The molecule has 0 unspecified atom stereocenters. The largest absolute Gasteiger partial charge is 1.00 e. The average molecular weight is 185 g/mol. The summed E-state index contributed by atoms with van der Waals surface area (Å²) < 4.78 is 5.17. The van der Waals surface area contributed by atoms with Crippen molar-refractivity contribution in [3.63, 3.8) is 0 Å². The van der Waals surface area contributed by atoms with Gasteiger partial charge in [0.1, 0.15) is 0 Å². The minimum atomic E-state index is 0. The van der Waals surface area contributed by atoms with Crippen LogP contribution < -0.4 is 51.4 Å². The Morgan fingerprint density at radius 2 is 1.90 bits per heavy atom. The molecule has 0 aromatic heterocycles. The maximum atomic E-state index is 5.17. The Hall–Kier alpha value is 1.91. The first-order chi connectivity index (χ1) is 4.43. The SMILES string of the molecule is [K+].[S-]CCN1CCOCC1. The Kier molecular flexibility index (Phi) is 8.99. The van der Waals surface area contributed by atoms with Crippen LogP contribution in [0.3, 0.4) is 0 Å². The molecule has 0 aromatic carbocycles. The van der Waals surface area contributed by atoms with Gasteiger partial charge >= 0.3 is 51.4 Å². The molecule has 1 fully saturated rings. The van der Waals surface area contributed by atoms with Gasteiger partial charge in [0.15, 0.2) is 0 Å². The topological polar surface area (TPSA) is 12.5 Å². The number of rotatable bonds is 2. The van der Waals surface area contributed by atoms with Crippen molar-refractivity contribution in [1.82, 2.24) is 4.90 Å². The molecule has 10 heavy (non-hydrogen) atoms. The third kappa shape index (κ3) is 4.72. The molecule has 1 saturated heterocycles. The summed E-state index contributed by atoms with van der Waals surface area (Å²) in [4.78, 5) is 2.34. The van der Waals surface area contributed by atoms with Crippen LogP contribution in [0.5, 0.6) is 0 Å². The number of ether oxygens (including phenoxy) is 1. The molecule has 1 aliphatic heterocycles. The van der Waals surface area contributed by atoms with Crippen molar-refractivity contribution in [2.45, 2.75) is 0 Å². The van der Waals surface area contributed by atoms with Gasteiger partial charge in [0, 0.05) is 13.1 Å². The fourth-order valence-electron chi connectivity index (χ4n) is 0.954. The quantitative estimate of drug-likeness (QED) is 0.333. The molecule has 1 heterocycles. The van der Waals surface area contributed by atoms with Crippen LogP contribution in [0, 0.1) is 0 Å². The second kappa shape index (κ2) is 7.55. The van der Waals surface area contributed by atoms with Crippen molar-refractivity contribution in [3.05, 3.63) is 0 Å². The molecule has 4 heteroatoms. The normalized spacial score (nSPS) is 20.1. The molecule has 0 saturated carbocycles. The van der Waals surface area contributed by atoms with Gasteiger partial charge in [-0.05, 0) is 6.54 Å². The zero-order valence-corrected chi connectivity index (χ0v) is 10.4. The van der Waals surface area contributed by atoms with Gasteiger partial charge in [-0.3, -0.25) is 0 Å². The molecule has 0 atom stereocenters. The van der Waals surface area contributed by atoms with Crippen LogP contribution in [-0.2, 0) is 17.4 Å². The fraction of sp³-hybridized carbons (Fsp3) is 1.00. The second-order valence-electron chi connectivity index (χ2n) is 2.16. The Morgan fingerprint density at radius 1 is 1.30 bits per heavy atom. The summed E-state index contributed by atoms with van der Waals surface area (Å²) in [5.41, 5.74) is 0. The summed E-state index contributed by atoms with van der Waals surface area (Å²) in [5, 5.41) is 0. The van der Waals surface area contributed by atoms with Crippen LogP contribution in [0.4, 0.5) is 0 Å². The van der Waals surface area contributed by atoms with Gasteiger partial charge in [-0.2, -0.15) is 5.75 Å². The van der Waals surface area contributed by atoms with Crippen LogP contribution >= 0.6 is 0 Å². The molecule has 54 valence electrons. The van der Waals surface area contributed by atoms with Gasteiger partial charge in [0.05, 0.1) is 13.2 Å². The number of nitrogens with zero attached hydrogens (tertiary/aromatic N) is 1. The Bertz CT molecular complexity index is 75.4. The fourth-order valence-corrected chi connectivity index (χ4v) is 1.21. The van der Waals surface area contributed by atoms with E-state index in [0.717, 1.165) is 38.6 Å². The standard InChI is InChI=1S/C6H13NOS.K/c9-6-3-7-1-4-8-5-2-7;/h9H,1-6H2;/q;+1/p-1. The molecule has 0 radical (unpaired) electrons. The van der Waals surface area contributed by atoms with Gasteiger partial charge in [0.25, 0.3) is 0 Å². The maximum absolute atomic E-state index is 5.17. The molecule has 1 aliphatic rings. The van der Waals surface area contributed by atoms with Gasteiger partial charge in [-0.15, -0.1) is 0 Å². The summed E-state index contributed by atoms with van der Waals surface area (Å²) in [6, 6.07) is 0. The van der Waals surface area contributed by atoms with E-state index in [2.05, 4.69) is 4.90 Å². The Morgan fingerprint density at radius 3 is 2.40 bits per heavy atom. The molecule has 1 rings (SSSR count). The van der Waals surface area contributed by atoms with Crippen molar-refractivity contribution < 1.29 is 56.1 Å². The van der Waals surface area contributed by atoms with Gasteiger partial charge in [-0.1, -0.05) is 0 Å². The van der Waals surface area contributed by atoms with Crippen molar-refractivity contribution in [2.24, 2.45) is 0 Å². The van der Waals surface area contributed by atoms with Crippen molar-refractivity contribution in [1.29, 1.82) is 0 Å². The molecule has 0 aromatic rings. The first-order valence-corrected chi connectivity index (χ1v) is 3.89.